The van der Waals surface area contributed by atoms with Gasteiger partial charge in [0.1, 0.15) is 11.5 Å². The van der Waals surface area contributed by atoms with Gasteiger partial charge in [-0.05, 0) is 73.4 Å². The van der Waals surface area contributed by atoms with Crippen molar-refractivity contribution in [3.05, 3.63) is 70.4 Å². The van der Waals surface area contributed by atoms with Crippen molar-refractivity contribution >= 4 is 34.7 Å². The Morgan fingerprint density at radius 3 is 2.41 bits per heavy atom. The molecule has 0 bridgehead atoms. The summed E-state index contributed by atoms with van der Waals surface area (Å²) in [5, 5.41) is 4.77. The van der Waals surface area contributed by atoms with Gasteiger partial charge in [-0.2, -0.15) is 0 Å². The van der Waals surface area contributed by atoms with Crippen LogP contribution in [-0.4, -0.2) is 22.3 Å². The number of benzene rings is 2. The molecule has 2 aromatic rings. The normalized spacial score (nSPS) is 19.1. The molecule has 0 amide bonds. The Kier molecular flexibility index (Phi) is 5.88. The minimum absolute atomic E-state index is 0.206. The minimum Gasteiger partial charge on any atom is -0.457 e. The van der Waals surface area contributed by atoms with Gasteiger partial charge >= 0.3 is 0 Å². The molecular formula is C23H23ClN2O2S. The van der Waals surface area contributed by atoms with Crippen LogP contribution in [0.15, 0.2) is 59.8 Å². The molecule has 1 aliphatic carbocycles. The summed E-state index contributed by atoms with van der Waals surface area (Å²) < 4.78 is 5.88. The van der Waals surface area contributed by atoms with Crippen molar-refractivity contribution in [2.75, 3.05) is 6.54 Å². The lowest BCUT2D eigenvalue weighted by Gasteiger charge is -2.41. The summed E-state index contributed by atoms with van der Waals surface area (Å²) in [7, 11) is 0. The Balaban J connectivity index is 1.61. The highest BCUT2D eigenvalue weighted by Gasteiger charge is 2.36. The van der Waals surface area contributed by atoms with Crippen LogP contribution in [0.1, 0.15) is 44.2 Å². The molecule has 1 unspecified atom stereocenters. The number of carbonyl (C=O) groups excluding carboxylic acids is 1. The Morgan fingerprint density at radius 2 is 1.76 bits per heavy atom. The van der Waals surface area contributed by atoms with E-state index in [1.807, 2.05) is 36.4 Å². The predicted octanol–water partition coefficient (Wildman–Crippen LogP) is 5.78. The summed E-state index contributed by atoms with van der Waals surface area (Å²) >= 11 is 11.6. The summed E-state index contributed by atoms with van der Waals surface area (Å²) in [5.41, 5.74) is 2.97. The number of Topliss-reactive ketones (excluding diaryl/α,β-unsaturated/α-hetero) is 1. The molecule has 0 aromatic heterocycles. The molecule has 0 saturated heterocycles. The third-order valence-electron chi connectivity index (χ3n) is 5.27. The highest BCUT2D eigenvalue weighted by Crippen LogP contribution is 2.38. The standard InChI is InChI=1S/C23H23ClN2O2S/c1-2-14-26-19-4-3-5-20(27)21(19)22(25-23(26)29)15-6-10-17(11-7-15)28-18-12-8-16(24)9-13-18/h6-13,22H,2-5,14H2,1H3,(H,25,29). The molecule has 6 heteroatoms. The third-order valence-corrected chi connectivity index (χ3v) is 5.86. The van der Waals surface area contributed by atoms with Crippen molar-refractivity contribution in [1.29, 1.82) is 0 Å². The van der Waals surface area contributed by atoms with E-state index < -0.39 is 0 Å². The Morgan fingerprint density at radius 1 is 1.10 bits per heavy atom. The zero-order valence-electron chi connectivity index (χ0n) is 16.3. The topological polar surface area (TPSA) is 41.6 Å². The van der Waals surface area contributed by atoms with Gasteiger partial charge < -0.3 is 15.0 Å². The number of thiocarbonyl (C=S) groups is 1. The average molecular weight is 427 g/mol. The predicted molar refractivity (Wildman–Crippen MR) is 119 cm³/mol. The second kappa shape index (κ2) is 8.56. The molecular weight excluding hydrogens is 404 g/mol. The lowest BCUT2D eigenvalue weighted by atomic mass is 9.85. The van der Waals surface area contributed by atoms with Crippen LogP contribution in [0, 0.1) is 0 Å². The molecule has 4 nitrogen and oxygen atoms in total. The number of hydrogen-bond donors (Lipinski definition) is 1. The number of nitrogens with zero attached hydrogens (tertiary/aromatic N) is 1. The first kappa shape index (κ1) is 19.9. The molecule has 2 aromatic carbocycles. The first-order chi connectivity index (χ1) is 14.1. The lowest BCUT2D eigenvalue weighted by Crippen LogP contribution is -2.49. The zero-order valence-corrected chi connectivity index (χ0v) is 17.9. The van der Waals surface area contributed by atoms with Crippen molar-refractivity contribution in [1.82, 2.24) is 10.2 Å². The number of carbonyl (C=O) groups is 1. The molecule has 150 valence electrons. The van der Waals surface area contributed by atoms with Crippen molar-refractivity contribution in [3.8, 4) is 11.5 Å². The van der Waals surface area contributed by atoms with E-state index in [9.17, 15) is 4.79 Å². The van der Waals surface area contributed by atoms with Gasteiger partial charge in [0, 0.05) is 29.3 Å². The van der Waals surface area contributed by atoms with E-state index in [-0.39, 0.29) is 11.8 Å². The number of halogens is 1. The van der Waals surface area contributed by atoms with E-state index in [2.05, 4.69) is 17.1 Å². The van der Waals surface area contributed by atoms with Gasteiger partial charge in [0.05, 0.1) is 6.04 Å². The molecule has 1 N–H and O–H groups in total. The molecule has 1 heterocycles. The maximum Gasteiger partial charge on any atom is 0.173 e. The summed E-state index contributed by atoms with van der Waals surface area (Å²) in [5.74, 6) is 1.67. The quantitative estimate of drug-likeness (QED) is 0.613. The van der Waals surface area contributed by atoms with Crippen LogP contribution in [0.3, 0.4) is 0 Å². The smallest absolute Gasteiger partial charge is 0.173 e. The van der Waals surface area contributed by atoms with Crippen molar-refractivity contribution in [3.63, 3.8) is 0 Å². The fraction of sp³-hybridized carbons (Fsp3) is 0.304. The van der Waals surface area contributed by atoms with Crippen molar-refractivity contribution < 1.29 is 9.53 Å². The van der Waals surface area contributed by atoms with Crippen molar-refractivity contribution in [2.24, 2.45) is 0 Å². The van der Waals surface area contributed by atoms with E-state index in [1.54, 1.807) is 12.1 Å². The van der Waals surface area contributed by atoms with Crippen LogP contribution < -0.4 is 10.1 Å². The van der Waals surface area contributed by atoms with E-state index in [1.165, 1.54) is 0 Å². The highest BCUT2D eigenvalue weighted by molar-refractivity contribution is 7.80. The number of rotatable bonds is 5. The average Bonchev–Trinajstić information content (AvgIpc) is 2.72. The van der Waals surface area contributed by atoms with E-state index in [0.717, 1.165) is 54.1 Å². The lowest BCUT2D eigenvalue weighted by molar-refractivity contribution is -0.116. The molecule has 4 rings (SSSR count). The number of nitrogens with one attached hydrogen (secondary N) is 1. The number of ether oxygens (including phenoxy) is 1. The molecule has 0 fully saturated rings. The Hall–Kier alpha value is -2.37. The molecule has 29 heavy (non-hydrogen) atoms. The van der Waals surface area contributed by atoms with Crippen molar-refractivity contribution in [2.45, 2.75) is 38.6 Å². The van der Waals surface area contributed by atoms with E-state index in [4.69, 9.17) is 28.6 Å². The second-order valence-electron chi connectivity index (χ2n) is 7.30. The monoisotopic (exact) mass is 426 g/mol. The van der Waals surface area contributed by atoms with Gasteiger partial charge in [-0.15, -0.1) is 0 Å². The van der Waals surface area contributed by atoms with Crippen LogP contribution in [-0.2, 0) is 4.79 Å². The maximum atomic E-state index is 12.8. The fourth-order valence-electron chi connectivity index (χ4n) is 3.93. The van der Waals surface area contributed by atoms with E-state index >= 15 is 0 Å². The van der Waals surface area contributed by atoms with Crippen LogP contribution in [0.4, 0.5) is 0 Å². The van der Waals surface area contributed by atoms with E-state index in [0.29, 0.717) is 16.6 Å². The number of ketones is 1. The fourth-order valence-corrected chi connectivity index (χ4v) is 4.37. The number of hydrogen-bond acceptors (Lipinski definition) is 3. The SMILES string of the molecule is CCCN1C(=S)NC(c2ccc(Oc3ccc(Cl)cc3)cc2)C2=C1CCCC2=O. The van der Waals surface area contributed by atoms with Crippen LogP contribution in [0.25, 0.3) is 0 Å². The highest BCUT2D eigenvalue weighted by atomic mass is 35.5. The summed E-state index contributed by atoms with van der Waals surface area (Å²) in [4.78, 5) is 14.9. The first-order valence-corrected chi connectivity index (χ1v) is 10.7. The second-order valence-corrected chi connectivity index (χ2v) is 8.12. The summed E-state index contributed by atoms with van der Waals surface area (Å²) in [6, 6.07) is 14.9. The summed E-state index contributed by atoms with van der Waals surface area (Å²) in [6.45, 7) is 2.96. The largest absolute Gasteiger partial charge is 0.457 e. The van der Waals surface area contributed by atoms with Gasteiger partial charge in [0.2, 0.25) is 0 Å². The molecule has 0 saturated carbocycles. The van der Waals surface area contributed by atoms with Gasteiger partial charge in [-0.1, -0.05) is 30.7 Å². The maximum absolute atomic E-state index is 12.8. The Labute approximate surface area is 181 Å². The third kappa shape index (κ3) is 4.16. The molecule has 1 atom stereocenters. The molecule has 2 aliphatic rings. The first-order valence-electron chi connectivity index (χ1n) is 9.94. The molecule has 0 spiro atoms. The minimum atomic E-state index is -0.206. The van der Waals surface area contributed by atoms with Gasteiger partial charge in [0.25, 0.3) is 0 Å². The van der Waals surface area contributed by atoms with Crippen LogP contribution >= 0.6 is 23.8 Å². The zero-order chi connectivity index (χ0) is 20.4. The van der Waals surface area contributed by atoms with Crippen LogP contribution in [0.5, 0.6) is 11.5 Å². The molecule has 1 aliphatic heterocycles. The van der Waals surface area contributed by atoms with Crippen LogP contribution in [0.2, 0.25) is 5.02 Å². The summed E-state index contributed by atoms with van der Waals surface area (Å²) in [6.07, 6.45) is 3.37. The number of allylic oxidation sites excluding steroid dienone is 1. The Bertz CT molecular complexity index is 954. The van der Waals surface area contributed by atoms with Gasteiger partial charge in [-0.3, -0.25) is 4.79 Å². The van der Waals surface area contributed by atoms with Gasteiger partial charge in [0.15, 0.2) is 10.9 Å². The molecule has 0 radical (unpaired) electrons. The van der Waals surface area contributed by atoms with Gasteiger partial charge in [-0.25, -0.2) is 0 Å².